The number of aliphatic carboxylic acids is 2. The van der Waals surface area contributed by atoms with E-state index in [4.69, 9.17) is 20.5 Å². The Morgan fingerprint density at radius 3 is 2.36 bits per heavy atom. The summed E-state index contributed by atoms with van der Waals surface area (Å²) >= 11 is 0. The Kier molecular flexibility index (Phi) is 7.81. The number of aryl methyl sites for hydroxylation is 1. The number of aromatic nitrogens is 1. The molecular weight excluding hydrogens is 324 g/mol. The Morgan fingerprint density at radius 1 is 1.28 bits per heavy atom. The number of rotatable bonds is 6. The highest BCUT2D eigenvalue weighted by Gasteiger charge is 2.13. The number of carboxylic acids is 2. The van der Waals surface area contributed by atoms with Gasteiger partial charge in [0, 0.05) is 29.8 Å². The van der Waals surface area contributed by atoms with Crippen LogP contribution in [0.1, 0.15) is 23.8 Å². The summed E-state index contributed by atoms with van der Waals surface area (Å²) in [5.74, 6) is -1.72. The third-order valence-corrected chi connectivity index (χ3v) is 3.05. The first-order chi connectivity index (χ1) is 11.8. The van der Waals surface area contributed by atoms with Gasteiger partial charge in [-0.1, -0.05) is 35.5 Å². The van der Waals surface area contributed by atoms with Crippen LogP contribution in [0.3, 0.4) is 0 Å². The Balaban J connectivity index is 0.000000333. The van der Waals surface area contributed by atoms with E-state index in [1.54, 1.807) is 0 Å². The second-order valence-electron chi connectivity index (χ2n) is 5.05. The molecule has 1 atom stereocenters. The Labute approximate surface area is 145 Å². The molecule has 0 aliphatic carbocycles. The van der Waals surface area contributed by atoms with Crippen LogP contribution in [-0.4, -0.2) is 27.3 Å². The largest absolute Gasteiger partial charge is 0.478 e. The Hall–Kier alpha value is -3.19. The maximum Gasteiger partial charge on any atom is 0.328 e. The van der Waals surface area contributed by atoms with Gasteiger partial charge in [0.2, 0.25) is 0 Å². The van der Waals surface area contributed by atoms with Crippen LogP contribution in [-0.2, 0) is 9.59 Å². The fraction of sp³-hybridized carbons (Fsp3) is 0.167. The molecule has 0 amide bonds. The van der Waals surface area contributed by atoms with Gasteiger partial charge < -0.3 is 20.5 Å². The summed E-state index contributed by atoms with van der Waals surface area (Å²) in [4.78, 5) is 19.1. The lowest BCUT2D eigenvalue weighted by molar-refractivity contribution is -0.134. The van der Waals surface area contributed by atoms with Crippen molar-refractivity contribution in [1.82, 2.24) is 5.16 Å². The molecule has 2 aromatic rings. The van der Waals surface area contributed by atoms with Gasteiger partial charge in [-0.25, -0.2) is 9.59 Å². The molecule has 0 fully saturated rings. The summed E-state index contributed by atoms with van der Waals surface area (Å²) in [5.41, 5.74) is 9.05. The molecule has 1 unspecified atom stereocenters. The van der Waals surface area contributed by atoms with E-state index < -0.39 is 11.9 Å². The van der Waals surface area contributed by atoms with E-state index in [2.05, 4.69) is 11.7 Å². The number of nitrogens with zero attached hydrogens (tertiary/aromatic N) is 1. The first-order valence-corrected chi connectivity index (χ1v) is 7.38. The highest BCUT2D eigenvalue weighted by molar-refractivity contribution is 5.89. The average molecular weight is 344 g/mol. The smallest absolute Gasteiger partial charge is 0.328 e. The second kappa shape index (κ2) is 9.84. The number of hydrogen-bond donors (Lipinski definition) is 3. The van der Waals surface area contributed by atoms with E-state index in [-0.39, 0.29) is 6.04 Å². The Morgan fingerprint density at radius 2 is 1.88 bits per heavy atom. The lowest BCUT2D eigenvalue weighted by atomic mass is 9.96. The van der Waals surface area contributed by atoms with Crippen LogP contribution in [0.15, 0.2) is 59.7 Å². The van der Waals surface area contributed by atoms with Crippen LogP contribution in [0.25, 0.3) is 11.3 Å². The highest BCUT2D eigenvalue weighted by atomic mass is 16.5. The van der Waals surface area contributed by atoms with Crippen molar-refractivity contribution in [2.75, 3.05) is 0 Å². The van der Waals surface area contributed by atoms with Gasteiger partial charge in [-0.05, 0) is 18.9 Å². The van der Waals surface area contributed by atoms with Gasteiger partial charge >= 0.3 is 11.9 Å². The molecule has 0 aliphatic heterocycles. The summed E-state index contributed by atoms with van der Waals surface area (Å²) in [7, 11) is 0. The maximum absolute atomic E-state index is 9.55. The third kappa shape index (κ3) is 6.84. The lowest BCUT2D eigenvalue weighted by Gasteiger charge is -2.13. The van der Waals surface area contributed by atoms with Gasteiger partial charge in [0.15, 0.2) is 0 Å². The van der Waals surface area contributed by atoms with Gasteiger partial charge in [0.25, 0.3) is 0 Å². The van der Waals surface area contributed by atoms with Gasteiger partial charge in [0.1, 0.15) is 11.5 Å². The zero-order chi connectivity index (χ0) is 18.8. The minimum Gasteiger partial charge on any atom is -0.478 e. The predicted molar refractivity (Wildman–Crippen MR) is 92.8 cm³/mol. The topological polar surface area (TPSA) is 127 Å². The quantitative estimate of drug-likeness (QED) is 0.543. The minimum absolute atomic E-state index is 0.0549. The molecule has 7 nitrogen and oxygen atoms in total. The van der Waals surface area contributed by atoms with Crippen molar-refractivity contribution < 1.29 is 24.3 Å². The van der Waals surface area contributed by atoms with Crippen molar-refractivity contribution in [2.24, 2.45) is 5.73 Å². The molecule has 0 bridgehead atoms. The van der Waals surface area contributed by atoms with Crippen LogP contribution in [0.5, 0.6) is 0 Å². The van der Waals surface area contributed by atoms with Crippen molar-refractivity contribution in [2.45, 2.75) is 19.4 Å². The summed E-state index contributed by atoms with van der Waals surface area (Å²) in [6.07, 6.45) is 3.69. The Bertz CT molecular complexity index is 748. The van der Waals surface area contributed by atoms with Crippen molar-refractivity contribution >= 4 is 11.9 Å². The van der Waals surface area contributed by atoms with Gasteiger partial charge in [-0.15, -0.1) is 6.58 Å². The molecule has 4 N–H and O–H groups in total. The monoisotopic (exact) mass is 344 g/mol. The molecule has 25 heavy (non-hydrogen) atoms. The molecule has 132 valence electrons. The van der Waals surface area contributed by atoms with E-state index in [1.165, 1.54) is 0 Å². The molecular formula is C18H20N2O5. The molecule has 2 rings (SSSR count). The van der Waals surface area contributed by atoms with E-state index in [9.17, 15) is 9.59 Å². The standard InChI is InChI=1S/C14H16N2O.C4H4O4/c1-3-6-13(15)11-7-4-5-8-12(11)14-9-10(2)17-16-14;5-3(6)1-2-4(7)8/h3-5,7-9,13H,1,6,15H2,2H3;1-2H,(H,5,6)(H,7,8)/b;2-1-. The molecule has 0 saturated heterocycles. The molecule has 1 heterocycles. The van der Waals surface area contributed by atoms with Crippen LogP contribution in [0.4, 0.5) is 0 Å². The first kappa shape index (κ1) is 19.9. The summed E-state index contributed by atoms with van der Waals surface area (Å²) in [6.45, 7) is 5.60. The molecule has 1 aromatic heterocycles. The zero-order valence-electron chi connectivity index (χ0n) is 13.8. The predicted octanol–water partition coefficient (Wildman–Crippen LogP) is 2.94. The van der Waals surface area contributed by atoms with E-state index >= 15 is 0 Å². The normalized spacial score (nSPS) is 11.4. The van der Waals surface area contributed by atoms with Crippen LogP contribution in [0, 0.1) is 6.92 Å². The van der Waals surface area contributed by atoms with Crippen molar-refractivity contribution in [3.05, 3.63) is 66.5 Å². The number of nitrogens with two attached hydrogens (primary N) is 1. The van der Waals surface area contributed by atoms with Crippen molar-refractivity contribution in [3.63, 3.8) is 0 Å². The van der Waals surface area contributed by atoms with Gasteiger partial charge in [-0.3, -0.25) is 0 Å². The van der Waals surface area contributed by atoms with E-state index in [0.29, 0.717) is 12.2 Å². The van der Waals surface area contributed by atoms with Gasteiger partial charge in [0.05, 0.1) is 0 Å². The number of carbonyl (C=O) groups is 2. The minimum atomic E-state index is -1.26. The molecule has 1 aromatic carbocycles. The number of benzene rings is 1. The average Bonchev–Trinajstić information content (AvgIpc) is 3.00. The molecule has 0 radical (unpaired) electrons. The molecule has 0 saturated carbocycles. The summed E-state index contributed by atoms with van der Waals surface area (Å²) in [5, 5.41) is 19.7. The van der Waals surface area contributed by atoms with Crippen molar-refractivity contribution in [3.8, 4) is 11.3 Å². The fourth-order valence-corrected chi connectivity index (χ4v) is 2.00. The number of hydrogen-bond acceptors (Lipinski definition) is 5. The van der Waals surface area contributed by atoms with E-state index in [1.807, 2.05) is 43.3 Å². The zero-order valence-corrected chi connectivity index (χ0v) is 13.8. The summed E-state index contributed by atoms with van der Waals surface area (Å²) < 4.78 is 5.10. The van der Waals surface area contributed by atoms with Crippen LogP contribution >= 0.6 is 0 Å². The SMILES string of the molecule is C=CCC(N)c1ccccc1-c1cc(C)on1.O=C(O)/C=C\C(=O)O. The van der Waals surface area contributed by atoms with E-state index in [0.717, 1.165) is 29.0 Å². The van der Waals surface area contributed by atoms with Crippen molar-refractivity contribution in [1.29, 1.82) is 0 Å². The van der Waals surface area contributed by atoms with Crippen LogP contribution < -0.4 is 5.73 Å². The third-order valence-electron chi connectivity index (χ3n) is 3.05. The second-order valence-corrected chi connectivity index (χ2v) is 5.05. The molecule has 0 aliphatic rings. The summed E-state index contributed by atoms with van der Waals surface area (Å²) in [6, 6.07) is 9.85. The fourth-order valence-electron chi connectivity index (χ4n) is 2.00. The van der Waals surface area contributed by atoms with Crippen LogP contribution in [0.2, 0.25) is 0 Å². The lowest BCUT2D eigenvalue weighted by Crippen LogP contribution is -2.10. The molecule has 7 heteroatoms. The first-order valence-electron chi connectivity index (χ1n) is 7.38. The number of carboxylic acid groups (broad SMARTS) is 2. The molecule has 0 spiro atoms. The maximum atomic E-state index is 9.55. The van der Waals surface area contributed by atoms with Gasteiger partial charge in [-0.2, -0.15) is 0 Å². The highest BCUT2D eigenvalue weighted by Crippen LogP contribution is 2.28.